The first-order chi connectivity index (χ1) is 15.1. The lowest BCUT2D eigenvalue weighted by Crippen LogP contribution is -2.32. The van der Waals surface area contributed by atoms with Gasteiger partial charge >= 0.3 is 0 Å². The number of carbonyl (C=O) groups excluding carboxylic acids is 1. The normalized spacial score (nSPS) is 20.6. The fraction of sp³-hybridized carbons (Fsp3) is 0.500. The maximum Gasteiger partial charge on any atom is 0.248 e. The van der Waals surface area contributed by atoms with Gasteiger partial charge in [-0.15, -0.1) is 0 Å². The van der Waals surface area contributed by atoms with Gasteiger partial charge in [-0.25, -0.2) is 0 Å². The van der Waals surface area contributed by atoms with Crippen molar-refractivity contribution in [1.29, 1.82) is 0 Å². The summed E-state index contributed by atoms with van der Waals surface area (Å²) >= 11 is 0. The molecule has 166 valence electrons. The van der Waals surface area contributed by atoms with Crippen LogP contribution in [0.4, 0.5) is 0 Å². The van der Waals surface area contributed by atoms with Gasteiger partial charge in [0, 0.05) is 19.0 Å². The van der Waals surface area contributed by atoms with Crippen molar-refractivity contribution in [3.05, 3.63) is 59.7 Å². The van der Waals surface area contributed by atoms with Gasteiger partial charge in [0.15, 0.2) is 11.5 Å². The van der Waals surface area contributed by atoms with Crippen molar-refractivity contribution in [3.63, 3.8) is 0 Å². The van der Waals surface area contributed by atoms with Gasteiger partial charge in [-0.3, -0.25) is 4.79 Å². The molecule has 0 radical (unpaired) electrons. The molecule has 4 rings (SSSR count). The molecule has 1 saturated carbocycles. The summed E-state index contributed by atoms with van der Waals surface area (Å²) in [6.07, 6.45) is 3.77. The second kappa shape index (κ2) is 10.2. The number of nitrogens with zero attached hydrogens (tertiary/aromatic N) is 1. The van der Waals surface area contributed by atoms with Crippen molar-refractivity contribution >= 4 is 5.91 Å². The summed E-state index contributed by atoms with van der Waals surface area (Å²) in [7, 11) is 1.68. The second-order valence-corrected chi connectivity index (χ2v) is 8.85. The van der Waals surface area contributed by atoms with E-state index in [1.54, 1.807) is 7.11 Å². The molecule has 2 unspecified atom stereocenters. The van der Waals surface area contributed by atoms with Crippen LogP contribution in [0.15, 0.2) is 48.5 Å². The number of rotatable bonds is 10. The van der Waals surface area contributed by atoms with E-state index in [9.17, 15) is 4.79 Å². The maximum atomic E-state index is 12.7. The van der Waals surface area contributed by atoms with E-state index in [1.165, 1.54) is 18.4 Å². The van der Waals surface area contributed by atoms with Gasteiger partial charge in [0.2, 0.25) is 5.91 Å². The molecular formula is C26H33NO4. The smallest absolute Gasteiger partial charge is 0.248 e. The molecule has 2 aliphatic rings. The SMILES string of the molecule is COc1ccc(C2CN(C(=O)COCc3ccccc3)CC2C)cc1OCCC1CC1. The van der Waals surface area contributed by atoms with Crippen LogP contribution < -0.4 is 9.47 Å². The summed E-state index contributed by atoms with van der Waals surface area (Å²) in [6, 6.07) is 16.1. The van der Waals surface area contributed by atoms with Crippen molar-refractivity contribution < 1.29 is 19.0 Å². The number of amides is 1. The van der Waals surface area contributed by atoms with E-state index < -0.39 is 0 Å². The third-order valence-electron chi connectivity index (χ3n) is 6.40. The van der Waals surface area contributed by atoms with Crippen LogP contribution >= 0.6 is 0 Å². The lowest BCUT2D eigenvalue weighted by atomic mass is 9.90. The highest BCUT2D eigenvalue weighted by atomic mass is 16.5. The summed E-state index contributed by atoms with van der Waals surface area (Å²) in [4.78, 5) is 14.6. The molecule has 1 amide bonds. The lowest BCUT2D eigenvalue weighted by molar-refractivity contribution is -0.135. The Morgan fingerprint density at radius 2 is 1.87 bits per heavy atom. The van der Waals surface area contributed by atoms with E-state index in [0.717, 1.165) is 42.6 Å². The first-order valence-electron chi connectivity index (χ1n) is 11.3. The van der Waals surface area contributed by atoms with Gasteiger partial charge in [-0.2, -0.15) is 0 Å². The Kier molecular flexibility index (Phi) is 7.13. The first-order valence-corrected chi connectivity index (χ1v) is 11.3. The average molecular weight is 424 g/mol. The number of hydrogen-bond acceptors (Lipinski definition) is 4. The van der Waals surface area contributed by atoms with Gasteiger partial charge in [0.25, 0.3) is 0 Å². The Hall–Kier alpha value is -2.53. The summed E-state index contributed by atoms with van der Waals surface area (Å²) in [5, 5.41) is 0. The zero-order valence-corrected chi connectivity index (χ0v) is 18.6. The number of methoxy groups -OCH3 is 1. The quantitative estimate of drug-likeness (QED) is 0.558. The Labute approximate surface area is 185 Å². The van der Waals surface area contributed by atoms with Crippen molar-refractivity contribution in [3.8, 4) is 11.5 Å². The molecule has 5 heteroatoms. The molecule has 31 heavy (non-hydrogen) atoms. The fourth-order valence-corrected chi connectivity index (χ4v) is 4.30. The number of likely N-dealkylation sites (tertiary alicyclic amines) is 1. The summed E-state index contributed by atoms with van der Waals surface area (Å²) in [6.45, 7) is 4.98. The molecule has 1 aliphatic carbocycles. The third kappa shape index (κ3) is 5.79. The summed E-state index contributed by atoms with van der Waals surface area (Å²) in [5.41, 5.74) is 2.28. The predicted molar refractivity (Wildman–Crippen MR) is 120 cm³/mol. The first kappa shape index (κ1) is 21.7. The summed E-state index contributed by atoms with van der Waals surface area (Å²) < 4.78 is 17.2. The van der Waals surface area contributed by atoms with Gasteiger partial charge < -0.3 is 19.1 Å². The minimum Gasteiger partial charge on any atom is -0.493 e. The zero-order valence-electron chi connectivity index (χ0n) is 18.6. The molecule has 0 bridgehead atoms. The lowest BCUT2D eigenvalue weighted by Gasteiger charge is -2.18. The van der Waals surface area contributed by atoms with Crippen LogP contribution in [-0.2, 0) is 16.1 Å². The van der Waals surface area contributed by atoms with Crippen molar-refractivity contribution in [2.45, 2.75) is 38.7 Å². The maximum absolute atomic E-state index is 12.7. The Bertz CT molecular complexity index is 865. The predicted octanol–water partition coefficient (Wildman–Crippen LogP) is 4.65. The highest BCUT2D eigenvalue weighted by Crippen LogP contribution is 2.38. The zero-order chi connectivity index (χ0) is 21.6. The van der Waals surface area contributed by atoms with Crippen LogP contribution in [0, 0.1) is 11.8 Å². The second-order valence-electron chi connectivity index (χ2n) is 8.85. The molecule has 0 N–H and O–H groups in total. The number of carbonyl (C=O) groups is 1. The van der Waals surface area contributed by atoms with Crippen molar-refractivity contribution in [2.24, 2.45) is 11.8 Å². The molecule has 0 spiro atoms. The van der Waals surface area contributed by atoms with Gasteiger partial charge in [0.05, 0.1) is 20.3 Å². The minimum atomic E-state index is 0.0553. The van der Waals surface area contributed by atoms with Crippen molar-refractivity contribution in [1.82, 2.24) is 4.90 Å². The molecule has 0 aromatic heterocycles. The molecule has 2 aromatic rings. The average Bonchev–Trinajstić information content (AvgIpc) is 3.53. The van der Waals surface area contributed by atoms with Crippen LogP contribution in [0.3, 0.4) is 0 Å². The molecular weight excluding hydrogens is 390 g/mol. The van der Waals surface area contributed by atoms with E-state index in [0.29, 0.717) is 19.1 Å². The number of hydrogen-bond donors (Lipinski definition) is 0. The fourth-order valence-electron chi connectivity index (χ4n) is 4.30. The highest BCUT2D eigenvalue weighted by Gasteiger charge is 2.33. The van der Waals surface area contributed by atoms with E-state index in [-0.39, 0.29) is 18.4 Å². The molecule has 1 aliphatic heterocycles. The van der Waals surface area contributed by atoms with E-state index in [1.807, 2.05) is 41.3 Å². The van der Waals surface area contributed by atoms with Crippen LogP contribution in [0.5, 0.6) is 11.5 Å². The van der Waals surface area contributed by atoms with Crippen molar-refractivity contribution in [2.75, 3.05) is 33.4 Å². The molecule has 2 atom stereocenters. The van der Waals surface area contributed by atoms with Gasteiger partial charge in [0.1, 0.15) is 6.61 Å². The molecule has 2 aromatic carbocycles. The topological polar surface area (TPSA) is 48.0 Å². The largest absolute Gasteiger partial charge is 0.493 e. The van der Waals surface area contributed by atoms with Gasteiger partial charge in [-0.05, 0) is 41.5 Å². The minimum absolute atomic E-state index is 0.0553. The molecule has 1 heterocycles. The number of ether oxygens (including phenoxy) is 3. The Morgan fingerprint density at radius 3 is 2.61 bits per heavy atom. The van der Waals surface area contributed by atoms with Crippen LogP contribution in [-0.4, -0.2) is 44.2 Å². The third-order valence-corrected chi connectivity index (χ3v) is 6.40. The number of benzene rings is 2. The van der Waals surface area contributed by atoms with Crippen LogP contribution in [0.25, 0.3) is 0 Å². The molecule has 1 saturated heterocycles. The van der Waals surface area contributed by atoms with Gasteiger partial charge in [-0.1, -0.05) is 56.2 Å². The summed E-state index contributed by atoms with van der Waals surface area (Å²) in [5.74, 6) is 3.14. The standard InChI is InChI=1S/C26H33NO4/c1-19-15-27(26(28)18-30-17-21-6-4-3-5-7-21)16-23(19)22-10-11-24(29-2)25(14-22)31-13-12-20-8-9-20/h3-7,10-11,14,19-20,23H,8-9,12-13,15-18H2,1-2H3. The van der Waals surface area contributed by atoms with E-state index in [4.69, 9.17) is 14.2 Å². The monoisotopic (exact) mass is 423 g/mol. The van der Waals surface area contributed by atoms with E-state index in [2.05, 4.69) is 19.1 Å². The highest BCUT2D eigenvalue weighted by molar-refractivity contribution is 5.78. The van der Waals surface area contributed by atoms with E-state index >= 15 is 0 Å². The van der Waals surface area contributed by atoms with Crippen LogP contribution in [0.2, 0.25) is 0 Å². The molecule has 2 fully saturated rings. The molecule has 5 nitrogen and oxygen atoms in total. The van der Waals surface area contributed by atoms with Crippen LogP contribution in [0.1, 0.15) is 43.2 Å². The Morgan fingerprint density at radius 1 is 1.06 bits per heavy atom. The Balaban J connectivity index is 1.33.